The molecule has 3 nitrogen and oxygen atoms in total. The molecule has 2 rings (SSSR count). The van der Waals surface area contributed by atoms with Crippen LogP contribution in [0.5, 0.6) is 0 Å². The van der Waals surface area contributed by atoms with Crippen LogP contribution in [0.15, 0.2) is 24.3 Å². The van der Waals surface area contributed by atoms with Crippen molar-refractivity contribution in [3.05, 3.63) is 35.6 Å². The first-order valence-corrected chi connectivity index (χ1v) is 5.90. The molecule has 1 aliphatic rings. The van der Waals surface area contributed by atoms with Gasteiger partial charge in [-0.05, 0) is 23.6 Å². The zero-order valence-electron chi connectivity index (χ0n) is 10.3. The molecule has 1 unspecified atom stereocenters. The average Bonchev–Trinajstić information content (AvgIpc) is 2.24. The fraction of sp³-hybridized carbons (Fsp3) is 0.462. The smallest absolute Gasteiger partial charge is 0.225 e. The third kappa shape index (κ3) is 3.68. The SMILES string of the molecule is CC(CNC(=O)C1CNC1)c1ccc(F)cc1.Cl. The lowest BCUT2D eigenvalue weighted by atomic mass is 9.99. The van der Waals surface area contributed by atoms with E-state index in [2.05, 4.69) is 10.6 Å². The molecule has 1 amide bonds. The van der Waals surface area contributed by atoms with Crippen molar-refractivity contribution in [2.24, 2.45) is 5.92 Å². The average molecular weight is 273 g/mol. The molecule has 5 heteroatoms. The van der Waals surface area contributed by atoms with Gasteiger partial charge in [-0.1, -0.05) is 19.1 Å². The van der Waals surface area contributed by atoms with E-state index < -0.39 is 0 Å². The Labute approximate surface area is 113 Å². The number of amides is 1. The highest BCUT2D eigenvalue weighted by Crippen LogP contribution is 2.15. The maximum absolute atomic E-state index is 12.7. The first-order valence-electron chi connectivity index (χ1n) is 5.90. The lowest BCUT2D eigenvalue weighted by Gasteiger charge is -2.26. The van der Waals surface area contributed by atoms with Crippen LogP contribution in [-0.4, -0.2) is 25.5 Å². The van der Waals surface area contributed by atoms with Crippen molar-refractivity contribution < 1.29 is 9.18 Å². The summed E-state index contributed by atoms with van der Waals surface area (Å²) >= 11 is 0. The largest absolute Gasteiger partial charge is 0.355 e. The van der Waals surface area contributed by atoms with Crippen molar-refractivity contribution in [3.8, 4) is 0 Å². The summed E-state index contributed by atoms with van der Waals surface area (Å²) in [6.07, 6.45) is 0. The number of halogens is 2. The molecule has 0 saturated carbocycles. The maximum atomic E-state index is 12.7. The van der Waals surface area contributed by atoms with E-state index in [0.717, 1.165) is 18.7 Å². The molecule has 1 aromatic carbocycles. The van der Waals surface area contributed by atoms with Gasteiger partial charge in [0.25, 0.3) is 0 Å². The molecule has 0 radical (unpaired) electrons. The van der Waals surface area contributed by atoms with Gasteiger partial charge in [-0.15, -0.1) is 12.4 Å². The molecule has 1 heterocycles. The fourth-order valence-electron chi connectivity index (χ4n) is 1.78. The van der Waals surface area contributed by atoms with Gasteiger partial charge < -0.3 is 10.6 Å². The molecule has 1 fully saturated rings. The summed E-state index contributed by atoms with van der Waals surface area (Å²) < 4.78 is 12.7. The summed E-state index contributed by atoms with van der Waals surface area (Å²) in [7, 11) is 0. The van der Waals surface area contributed by atoms with E-state index in [0.29, 0.717) is 6.54 Å². The number of carbonyl (C=O) groups excluding carboxylic acids is 1. The summed E-state index contributed by atoms with van der Waals surface area (Å²) in [5.74, 6) is 0.200. The number of rotatable bonds is 4. The Morgan fingerprint density at radius 3 is 2.56 bits per heavy atom. The van der Waals surface area contributed by atoms with Crippen LogP contribution in [0.2, 0.25) is 0 Å². The van der Waals surface area contributed by atoms with E-state index in [1.807, 2.05) is 6.92 Å². The van der Waals surface area contributed by atoms with Crippen LogP contribution >= 0.6 is 12.4 Å². The van der Waals surface area contributed by atoms with Crippen molar-refractivity contribution in [1.82, 2.24) is 10.6 Å². The van der Waals surface area contributed by atoms with Gasteiger partial charge >= 0.3 is 0 Å². The molecule has 100 valence electrons. The van der Waals surface area contributed by atoms with E-state index in [1.54, 1.807) is 12.1 Å². The van der Waals surface area contributed by atoms with Crippen LogP contribution in [0.3, 0.4) is 0 Å². The molecule has 1 aliphatic heterocycles. The van der Waals surface area contributed by atoms with Gasteiger partial charge in [0.05, 0.1) is 5.92 Å². The van der Waals surface area contributed by atoms with E-state index in [1.165, 1.54) is 12.1 Å². The molecular formula is C13H18ClFN2O. The molecule has 1 saturated heterocycles. The molecule has 1 atom stereocenters. The Hall–Kier alpha value is -1.13. The van der Waals surface area contributed by atoms with Gasteiger partial charge in [0, 0.05) is 19.6 Å². The molecule has 1 aromatic rings. The summed E-state index contributed by atoms with van der Waals surface area (Å²) in [4.78, 5) is 11.6. The monoisotopic (exact) mass is 272 g/mol. The van der Waals surface area contributed by atoms with Gasteiger partial charge in [0.1, 0.15) is 5.82 Å². The summed E-state index contributed by atoms with van der Waals surface area (Å²) in [5.41, 5.74) is 1.04. The summed E-state index contributed by atoms with van der Waals surface area (Å²) in [6.45, 7) is 4.17. The van der Waals surface area contributed by atoms with Crippen molar-refractivity contribution in [2.75, 3.05) is 19.6 Å². The topological polar surface area (TPSA) is 41.1 Å². The summed E-state index contributed by atoms with van der Waals surface area (Å²) in [6, 6.07) is 6.42. The van der Waals surface area contributed by atoms with E-state index in [9.17, 15) is 9.18 Å². The predicted octanol–water partition coefficient (Wildman–Crippen LogP) is 1.69. The Morgan fingerprint density at radius 1 is 1.44 bits per heavy atom. The quantitative estimate of drug-likeness (QED) is 0.876. The van der Waals surface area contributed by atoms with Gasteiger partial charge in [0.15, 0.2) is 0 Å². The Morgan fingerprint density at radius 2 is 2.06 bits per heavy atom. The van der Waals surface area contributed by atoms with Crippen molar-refractivity contribution in [2.45, 2.75) is 12.8 Å². The van der Waals surface area contributed by atoms with Crippen molar-refractivity contribution >= 4 is 18.3 Å². The predicted molar refractivity (Wildman–Crippen MR) is 71.4 cm³/mol. The first kappa shape index (κ1) is 14.9. The second-order valence-corrected chi connectivity index (χ2v) is 4.55. The second kappa shape index (κ2) is 6.71. The highest BCUT2D eigenvalue weighted by atomic mass is 35.5. The highest BCUT2D eigenvalue weighted by Gasteiger charge is 2.24. The number of hydrogen-bond donors (Lipinski definition) is 2. The molecule has 0 aromatic heterocycles. The molecule has 0 bridgehead atoms. The Kier molecular flexibility index (Phi) is 5.56. The van der Waals surface area contributed by atoms with Crippen LogP contribution in [0.4, 0.5) is 4.39 Å². The third-order valence-corrected chi connectivity index (χ3v) is 3.17. The number of hydrogen-bond acceptors (Lipinski definition) is 2. The summed E-state index contributed by atoms with van der Waals surface area (Å²) in [5, 5.41) is 5.99. The van der Waals surface area contributed by atoms with Crippen LogP contribution in [0, 0.1) is 11.7 Å². The number of benzene rings is 1. The van der Waals surface area contributed by atoms with Crippen LogP contribution < -0.4 is 10.6 Å². The molecular weight excluding hydrogens is 255 g/mol. The van der Waals surface area contributed by atoms with Crippen molar-refractivity contribution in [3.63, 3.8) is 0 Å². The van der Waals surface area contributed by atoms with Crippen LogP contribution in [0.1, 0.15) is 18.4 Å². The van der Waals surface area contributed by atoms with Gasteiger partial charge in [-0.25, -0.2) is 4.39 Å². The highest BCUT2D eigenvalue weighted by molar-refractivity contribution is 5.85. The molecule has 2 N–H and O–H groups in total. The number of nitrogens with one attached hydrogen (secondary N) is 2. The van der Waals surface area contributed by atoms with Crippen LogP contribution in [0.25, 0.3) is 0 Å². The zero-order valence-corrected chi connectivity index (χ0v) is 11.1. The lowest BCUT2D eigenvalue weighted by molar-refractivity contribution is -0.126. The normalized spacial score (nSPS) is 16.3. The minimum Gasteiger partial charge on any atom is -0.355 e. The minimum absolute atomic E-state index is 0. The second-order valence-electron chi connectivity index (χ2n) is 4.55. The Bertz CT molecular complexity index is 392. The minimum atomic E-state index is -0.231. The third-order valence-electron chi connectivity index (χ3n) is 3.17. The molecule has 0 aliphatic carbocycles. The number of carbonyl (C=O) groups is 1. The van der Waals surface area contributed by atoms with Gasteiger partial charge in [-0.2, -0.15) is 0 Å². The lowest BCUT2D eigenvalue weighted by Crippen LogP contribution is -2.51. The van der Waals surface area contributed by atoms with E-state index >= 15 is 0 Å². The molecule has 0 spiro atoms. The van der Waals surface area contributed by atoms with E-state index in [-0.39, 0.29) is 36.0 Å². The van der Waals surface area contributed by atoms with Gasteiger partial charge in [-0.3, -0.25) is 4.79 Å². The molecule has 18 heavy (non-hydrogen) atoms. The maximum Gasteiger partial charge on any atom is 0.225 e. The fourth-order valence-corrected chi connectivity index (χ4v) is 1.78. The Balaban J connectivity index is 0.00000162. The standard InChI is InChI=1S/C13H17FN2O.ClH/c1-9(10-2-4-12(14)5-3-10)6-16-13(17)11-7-15-8-11;/h2-5,9,11,15H,6-8H2,1H3,(H,16,17);1H. The first-order chi connectivity index (χ1) is 8.16. The van der Waals surface area contributed by atoms with Crippen LogP contribution in [-0.2, 0) is 4.79 Å². The van der Waals surface area contributed by atoms with E-state index in [4.69, 9.17) is 0 Å². The van der Waals surface area contributed by atoms with Gasteiger partial charge in [0.2, 0.25) is 5.91 Å². The van der Waals surface area contributed by atoms with Crippen molar-refractivity contribution in [1.29, 1.82) is 0 Å². The zero-order chi connectivity index (χ0) is 12.3.